The van der Waals surface area contributed by atoms with E-state index in [0.717, 1.165) is 30.3 Å². The summed E-state index contributed by atoms with van der Waals surface area (Å²) in [6.45, 7) is 7.40. The molecular weight excluding hydrogens is 188 g/mol. The predicted octanol–water partition coefficient (Wildman–Crippen LogP) is 2.40. The molecule has 0 radical (unpaired) electrons. The summed E-state index contributed by atoms with van der Waals surface area (Å²) < 4.78 is 5.65. The zero-order chi connectivity index (χ0) is 10.8. The molecule has 1 unspecified atom stereocenters. The minimum absolute atomic E-state index is 0.383. The Kier molecular flexibility index (Phi) is 3.10. The molecule has 0 bridgehead atoms. The van der Waals surface area contributed by atoms with Crippen LogP contribution in [0.1, 0.15) is 50.0 Å². The van der Waals surface area contributed by atoms with E-state index in [4.69, 9.17) is 4.42 Å². The van der Waals surface area contributed by atoms with Crippen LogP contribution in [0.25, 0.3) is 0 Å². The third kappa shape index (κ3) is 2.40. The van der Waals surface area contributed by atoms with Crippen LogP contribution in [0.2, 0.25) is 0 Å². The molecule has 2 heterocycles. The molecule has 0 aliphatic carbocycles. The minimum Gasteiger partial charge on any atom is -0.445 e. The lowest BCUT2D eigenvalue weighted by Gasteiger charge is -2.07. The van der Waals surface area contributed by atoms with E-state index in [1.54, 1.807) is 0 Å². The van der Waals surface area contributed by atoms with E-state index in [1.807, 2.05) is 6.92 Å². The highest BCUT2D eigenvalue weighted by molar-refractivity contribution is 5.11. The Morgan fingerprint density at radius 2 is 2.33 bits per heavy atom. The highest BCUT2D eigenvalue weighted by Crippen LogP contribution is 2.20. The topological polar surface area (TPSA) is 38.1 Å². The Morgan fingerprint density at radius 3 is 2.87 bits per heavy atom. The van der Waals surface area contributed by atoms with Crippen molar-refractivity contribution in [2.75, 3.05) is 6.54 Å². The second kappa shape index (κ2) is 4.35. The van der Waals surface area contributed by atoms with Crippen molar-refractivity contribution in [3.63, 3.8) is 0 Å². The summed E-state index contributed by atoms with van der Waals surface area (Å²) in [4.78, 5) is 4.57. The molecule has 0 amide bonds. The van der Waals surface area contributed by atoms with Gasteiger partial charge < -0.3 is 9.73 Å². The Balaban J connectivity index is 2.06. The second-order valence-electron chi connectivity index (χ2n) is 4.71. The minimum atomic E-state index is 0.383. The van der Waals surface area contributed by atoms with Crippen LogP contribution < -0.4 is 5.32 Å². The average Bonchev–Trinajstić information content (AvgIpc) is 2.77. The Hall–Kier alpha value is -0.830. The van der Waals surface area contributed by atoms with Gasteiger partial charge in [-0.3, -0.25) is 0 Å². The van der Waals surface area contributed by atoms with E-state index in [2.05, 4.69) is 24.1 Å². The Bertz CT molecular complexity index is 324. The van der Waals surface area contributed by atoms with Gasteiger partial charge in [-0.2, -0.15) is 0 Å². The van der Waals surface area contributed by atoms with Crippen molar-refractivity contribution < 1.29 is 4.42 Å². The molecule has 1 aliphatic heterocycles. The zero-order valence-electron chi connectivity index (χ0n) is 9.84. The number of nitrogens with one attached hydrogen (secondary N) is 1. The van der Waals surface area contributed by atoms with Gasteiger partial charge in [0.2, 0.25) is 0 Å². The summed E-state index contributed by atoms with van der Waals surface area (Å²) in [5, 5.41) is 3.49. The first-order chi connectivity index (χ1) is 7.16. The fourth-order valence-corrected chi connectivity index (χ4v) is 2.05. The molecule has 1 aliphatic rings. The highest BCUT2D eigenvalue weighted by Gasteiger charge is 2.19. The molecule has 2 rings (SSSR count). The first-order valence-corrected chi connectivity index (χ1v) is 5.86. The van der Waals surface area contributed by atoms with Crippen LogP contribution in [-0.2, 0) is 6.42 Å². The van der Waals surface area contributed by atoms with Gasteiger partial charge in [0.15, 0.2) is 5.89 Å². The molecule has 1 atom stereocenters. The van der Waals surface area contributed by atoms with Crippen molar-refractivity contribution in [2.24, 2.45) is 0 Å². The van der Waals surface area contributed by atoms with Crippen LogP contribution in [-0.4, -0.2) is 17.6 Å². The van der Waals surface area contributed by atoms with Crippen LogP contribution in [0.4, 0.5) is 0 Å². The van der Waals surface area contributed by atoms with Crippen molar-refractivity contribution in [1.82, 2.24) is 10.3 Å². The summed E-state index contributed by atoms with van der Waals surface area (Å²) in [6.07, 6.45) is 3.57. The van der Waals surface area contributed by atoms with Gasteiger partial charge in [-0.1, -0.05) is 13.8 Å². The quantitative estimate of drug-likeness (QED) is 0.829. The molecule has 84 valence electrons. The van der Waals surface area contributed by atoms with E-state index < -0.39 is 0 Å². The van der Waals surface area contributed by atoms with Gasteiger partial charge in [-0.15, -0.1) is 0 Å². The standard InChI is InChI=1S/C12H20N2O/c1-8(2)12-14-11(9(3)15-12)7-10-5-4-6-13-10/h8,10,13H,4-7H2,1-3H3. The van der Waals surface area contributed by atoms with Crippen LogP contribution >= 0.6 is 0 Å². The van der Waals surface area contributed by atoms with Crippen molar-refractivity contribution in [3.8, 4) is 0 Å². The van der Waals surface area contributed by atoms with Gasteiger partial charge >= 0.3 is 0 Å². The fourth-order valence-electron chi connectivity index (χ4n) is 2.05. The van der Waals surface area contributed by atoms with Crippen molar-refractivity contribution in [3.05, 3.63) is 17.3 Å². The van der Waals surface area contributed by atoms with Crippen LogP contribution in [0, 0.1) is 6.92 Å². The monoisotopic (exact) mass is 208 g/mol. The van der Waals surface area contributed by atoms with Crippen LogP contribution in [0.5, 0.6) is 0 Å². The summed E-state index contributed by atoms with van der Waals surface area (Å²) in [5.41, 5.74) is 1.14. The summed E-state index contributed by atoms with van der Waals surface area (Å²) in [5.74, 6) is 2.25. The molecule has 1 aromatic heterocycles. The summed E-state index contributed by atoms with van der Waals surface area (Å²) in [7, 11) is 0. The number of hydrogen-bond donors (Lipinski definition) is 1. The maximum absolute atomic E-state index is 5.65. The fraction of sp³-hybridized carbons (Fsp3) is 0.750. The molecule has 0 aromatic carbocycles. The van der Waals surface area contributed by atoms with Crippen molar-refractivity contribution >= 4 is 0 Å². The number of aromatic nitrogens is 1. The average molecular weight is 208 g/mol. The Labute approximate surface area is 91.3 Å². The smallest absolute Gasteiger partial charge is 0.197 e. The lowest BCUT2D eigenvalue weighted by Crippen LogP contribution is -2.24. The number of aryl methyl sites for hydroxylation is 1. The molecule has 1 saturated heterocycles. The van der Waals surface area contributed by atoms with Gasteiger partial charge in [0.05, 0.1) is 5.69 Å². The van der Waals surface area contributed by atoms with E-state index in [9.17, 15) is 0 Å². The van der Waals surface area contributed by atoms with Gasteiger partial charge in [0, 0.05) is 18.4 Å². The normalized spacial score (nSPS) is 21.5. The lowest BCUT2D eigenvalue weighted by atomic mass is 10.1. The van der Waals surface area contributed by atoms with Gasteiger partial charge in [-0.05, 0) is 26.3 Å². The van der Waals surface area contributed by atoms with Crippen molar-refractivity contribution in [2.45, 2.75) is 52.0 Å². The van der Waals surface area contributed by atoms with E-state index >= 15 is 0 Å². The molecule has 0 spiro atoms. The predicted molar refractivity (Wildman–Crippen MR) is 60.1 cm³/mol. The molecule has 15 heavy (non-hydrogen) atoms. The zero-order valence-corrected chi connectivity index (χ0v) is 9.84. The van der Waals surface area contributed by atoms with Crippen LogP contribution in [0.15, 0.2) is 4.42 Å². The third-order valence-electron chi connectivity index (χ3n) is 3.01. The molecule has 1 fully saturated rings. The largest absolute Gasteiger partial charge is 0.445 e. The first-order valence-electron chi connectivity index (χ1n) is 5.86. The molecule has 1 aromatic rings. The van der Waals surface area contributed by atoms with E-state index in [-0.39, 0.29) is 0 Å². The summed E-state index contributed by atoms with van der Waals surface area (Å²) >= 11 is 0. The molecule has 3 nitrogen and oxygen atoms in total. The number of nitrogens with zero attached hydrogens (tertiary/aromatic N) is 1. The maximum atomic E-state index is 5.65. The van der Waals surface area contributed by atoms with Gasteiger partial charge in [0.25, 0.3) is 0 Å². The molecule has 0 saturated carbocycles. The number of hydrogen-bond acceptors (Lipinski definition) is 3. The molecule has 3 heteroatoms. The molecular formula is C12H20N2O. The van der Waals surface area contributed by atoms with E-state index in [1.165, 1.54) is 12.8 Å². The van der Waals surface area contributed by atoms with E-state index in [0.29, 0.717) is 12.0 Å². The second-order valence-corrected chi connectivity index (χ2v) is 4.71. The number of oxazole rings is 1. The lowest BCUT2D eigenvalue weighted by molar-refractivity contribution is 0.449. The van der Waals surface area contributed by atoms with Crippen molar-refractivity contribution in [1.29, 1.82) is 0 Å². The maximum Gasteiger partial charge on any atom is 0.197 e. The van der Waals surface area contributed by atoms with Gasteiger partial charge in [-0.25, -0.2) is 4.98 Å². The third-order valence-corrected chi connectivity index (χ3v) is 3.01. The highest BCUT2D eigenvalue weighted by atomic mass is 16.4. The number of rotatable bonds is 3. The van der Waals surface area contributed by atoms with Gasteiger partial charge in [0.1, 0.15) is 5.76 Å². The first kappa shape index (κ1) is 10.7. The Morgan fingerprint density at radius 1 is 1.53 bits per heavy atom. The molecule has 1 N–H and O–H groups in total. The SMILES string of the molecule is Cc1oc(C(C)C)nc1CC1CCCN1. The summed E-state index contributed by atoms with van der Waals surface area (Å²) in [6, 6.07) is 0.605. The van der Waals surface area contributed by atoms with Crippen LogP contribution in [0.3, 0.4) is 0 Å².